The summed E-state index contributed by atoms with van der Waals surface area (Å²) in [4.78, 5) is 12.0. The van der Waals surface area contributed by atoms with Crippen LogP contribution >= 0.6 is 0 Å². The van der Waals surface area contributed by atoms with Gasteiger partial charge in [-0.2, -0.15) is 0 Å². The Labute approximate surface area is 106 Å². The van der Waals surface area contributed by atoms with Crippen LogP contribution in [0, 0.1) is 0 Å². The zero-order chi connectivity index (χ0) is 13.8. The fourth-order valence-electron chi connectivity index (χ4n) is 1.37. The van der Waals surface area contributed by atoms with Gasteiger partial charge in [-0.15, -0.1) is 0 Å². The van der Waals surface area contributed by atoms with Crippen molar-refractivity contribution in [2.24, 2.45) is 5.16 Å². The third kappa shape index (κ3) is 3.76. The molecule has 0 saturated carbocycles. The van der Waals surface area contributed by atoms with Gasteiger partial charge in [0.1, 0.15) is 16.9 Å². The molecule has 0 heterocycles. The van der Waals surface area contributed by atoms with E-state index in [4.69, 9.17) is 14.7 Å². The number of carbonyl (C=O) groups is 1. The van der Waals surface area contributed by atoms with Crippen molar-refractivity contribution in [3.8, 4) is 5.75 Å². The predicted octanol–water partition coefficient (Wildman–Crippen LogP) is 2.46. The number of ether oxygens (including phenoxy) is 2. The molecule has 0 aliphatic heterocycles. The first-order valence-electron chi connectivity index (χ1n) is 5.46. The summed E-state index contributed by atoms with van der Waals surface area (Å²) in [6.07, 6.45) is 1.23. The Hall–Kier alpha value is -2.04. The zero-order valence-corrected chi connectivity index (χ0v) is 10.9. The highest BCUT2D eigenvalue weighted by atomic mass is 16.6. The van der Waals surface area contributed by atoms with E-state index < -0.39 is 11.6 Å². The predicted molar refractivity (Wildman–Crippen MR) is 67.5 cm³/mol. The molecule has 0 amide bonds. The molecule has 0 aromatic heterocycles. The van der Waals surface area contributed by atoms with Gasteiger partial charge >= 0.3 is 5.97 Å². The number of methoxy groups -OCH3 is 1. The van der Waals surface area contributed by atoms with Crippen molar-refractivity contribution < 1.29 is 19.5 Å². The maximum Gasteiger partial charge on any atom is 0.342 e. The van der Waals surface area contributed by atoms with Gasteiger partial charge in [0.25, 0.3) is 0 Å². The van der Waals surface area contributed by atoms with Gasteiger partial charge in [0.2, 0.25) is 0 Å². The van der Waals surface area contributed by atoms with Crippen molar-refractivity contribution in [3.05, 3.63) is 29.3 Å². The first-order valence-corrected chi connectivity index (χ1v) is 5.46. The molecular weight excluding hydrogens is 234 g/mol. The Kier molecular flexibility index (Phi) is 4.31. The average Bonchev–Trinajstić information content (AvgIpc) is 2.27. The average molecular weight is 251 g/mol. The largest absolute Gasteiger partial charge is 0.496 e. The summed E-state index contributed by atoms with van der Waals surface area (Å²) in [6, 6.07) is 4.84. The Morgan fingerprint density at radius 1 is 1.39 bits per heavy atom. The third-order valence-corrected chi connectivity index (χ3v) is 2.05. The lowest BCUT2D eigenvalue weighted by molar-refractivity contribution is 0.00665. The Balaban J connectivity index is 3.11. The highest BCUT2D eigenvalue weighted by Crippen LogP contribution is 2.22. The van der Waals surface area contributed by atoms with Crippen LogP contribution in [0.25, 0.3) is 0 Å². The van der Waals surface area contributed by atoms with Gasteiger partial charge in [-0.3, -0.25) is 0 Å². The van der Waals surface area contributed by atoms with E-state index in [-0.39, 0.29) is 0 Å². The van der Waals surface area contributed by atoms with Gasteiger partial charge in [-0.1, -0.05) is 5.16 Å². The summed E-state index contributed by atoms with van der Waals surface area (Å²) >= 11 is 0. The number of oxime groups is 1. The SMILES string of the molecule is COc1ccc(/C=N/O)cc1C(=O)OC(C)(C)C. The van der Waals surface area contributed by atoms with Gasteiger partial charge < -0.3 is 14.7 Å². The van der Waals surface area contributed by atoms with E-state index in [0.29, 0.717) is 16.9 Å². The molecule has 0 aliphatic carbocycles. The zero-order valence-electron chi connectivity index (χ0n) is 10.9. The van der Waals surface area contributed by atoms with E-state index in [0.717, 1.165) is 0 Å². The van der Waals surface area contributed by atoms with Crippen LogP contribution in [0.15, 0.2) is 23.4 Å². The number of hydrogen-bond acceptors (Lipinski definition) is 5. The molecule has 98 valence electrons. The van der Waals surface area contributed by atoms with Gasteiger partial charge in [0.05, 0.1) is 13.3 Å². The smallest absolute Gasteiger partial charge is 0.342 e. The summed E-state index contributed by atoms with van der Waals surface area (Å²) in [6.45, 7) is 5.36. The molecule has 0 radical (unpaired) electrons. The van der Waals surface area contributed by atoms with Crippen LogP contribution in [0.3, 0.4) is 0 Å². The quantitative estimate of drug-likeness (QED) is 0.388. The number of hydrogen-bond donors (Lipinski definition) is 1. The lowest BCUT2D eigenvalue weighted by atomic mass is 10.1. The summed E-state index contributed by atoms with van der Waals surface area (Å²) in [7, 11) is 1.48. The van der Waals surface area contributed by atoms with Crippen LogP contribution < -0.4 is 4.74 Å². The van der Waals surface area contributed by atoms with Crippen LogP contribution in [-0.2, 0) is 4.74 Å². The first-order chi connectivity index (χ1) is 8.37. The van der Waals surface area contributed by atoms with E-state index >= 15 is 0 Å². The monoisotopic (exact) mass is 251 g/mol. The summed E-state index contributed by atoms with van der Waals surface area (Å²) < 4.78 is 10.4. The van der Waals surface area contributed by atoms with Gasteiger partial charge in [0, 0.05) is 0 Å². The number of rotatable bonds is 3. The minimum absolute atomic E-state index is 0.296. The summed E-state index contributed by atoms with van der Waals surface area (Å²) in [5, 5.41) is 11.4. The van der Waals surface area contributed by atoms with Gasteiger partial charge in [-0.25, -0.2) is 4.79 Å². The third-order valence-electron chi connectivity index (χ3n) is 2.05. The molecule has 1 rings (SSSR count). The van der Waals surface area contributed by atoms with Crippen molar-refractivity contribution in [2.75, 3.05) is 7.11 Å². The van der Waals surface area contributed by atoms with Crippen molar-refractivity contribution in [3.63, 3.8) is 0 Å². The molecule has 1 aromatic carbocycles. The standard InChI is InChI=1S/C13H17NO4/c1-13(2,3)18-12(15)10-7-9(8-14-16)5-6-11(10)17-4/h5-8,16H,1-4H3/b14-8+. The molecule has 0 atom stereocenters. The van der Waals surface area contributed by atoms with Crippen molar-refractivity contribution in [1.82, 2.24) is 0 Å². The van der Waals surface area contributed by atoms with Gasteiger partial charge in [0.15, 0.2) is 0 Å². The van der Waals surface area contributed by atoms with Crippen LogP contribution in [0.1, 0.15) is 36.7 Å². The Morgan fingerprint density at radius 2 is 2.06 bits per heavy atom. The minimum Gasteiger partial charge on any atom is -0.496 e. The maximum absolute atomic E-state index is 12.0. The van der Waals surface area contributed by atoms with E-state index in [1.54, 1.807) is 39.0 Å². The van der Waals surface area contributed by atoms with Crippen molar-refractivity contribution >= 4 is 12.2 Å². The number of benzene rings is 1. The Morgan fingerprint density at radius 3 is 2.56 bits per heavy atom. The molecule has 1 aromatic rings. The maximum atomic E-state index is 12.0. The molecule has 18 heavy (non-hydrogen) atoms. The topological polar surface area (TPSA) is 68.1 Å². The Bertz CT molecular complexity index is 461. The highest BCUT2D eigenvalue weighted by molar-refractivity contribution is 5.95. The second-order valence-electron chi connectivity index (χ2n) is 4.71. The second kappa shape index (κ2) is 5.53. The lowest BCUT2D eigenvalue weighted by Gasteiger charge is -2.20. The fraction of sp³-hybridized carbons (Fsp3) is 0.385. The molecule has 0 aliphatic rings. The fourth-order valence-corrected chi connectivity index (χ4v) is 1.37. The minimum atomic E-state index is -0.580. The molecule has 0 saturated heterocycles. The first kappa shape index (κ1) is 14.0. The normalized spacial score (nSPS) is 11.6. The van der Waals surface area contributed by atoms with Crippen LogP contribution in [0.5, 0.6) is 5.75 Å². The number of nitrogens with zero attached hydrogens (tertiary/aromatic N) is 1. The van der Waals surface area contributed by atoms with Crippen LogP contribution in [0.4, 0.5) is 0 Å². The van der Waals surface area contributed by atoms with Crippen LogP contribution in [0.2, 0.25) is 0 Å². The van der Waals surface area contributed by atoms with Crippen molar-refractivity contribution in [2.45, 2.75) is 26.4 Å². The molecule has 0 bridgehead atoms. The molecule has 5 heteroatoms. The van der Waals surface area contributed by atoms with E-state index in [1.165, 1.54) is 13.3 Å². The molecule has 0 spiro atoms. The molecule has 1 N–H and O–H groups in total. The molecule has 0 fully saturated rings. The lowest BCUT2D eigenvalue weighted by Crippen LogP contribution is -2.24. The summed E-state index contributed by atoms with van der Waals surface area (Å²) in [5.41, 5.74) is 0.298. The van der Waals surface area contributed by atoms with Gasteiger partial charge in [-0.05, 0) is 44.5 Å². The number of esters is 1. The molecule has 0 unspecified atom stereocenters. The van der Waals surface area contributed by atoms with Crippen molar-refractivity contribution in [1.29, 1.82) is 0 Å². The van der Waals surface area contributed by atoms with E-state index in [2.05, 4.69) is 5.16 Å². The molecular formula is C13H17NO4. The van der Waals surface area contributed by atoms with E-state index in [9.17, 15) is 4.79 Å². The number of carbonyl (C=O) groups excluding carboxylic acids is 1. The van der Waals surface area contributed by atoms with Crippen LogP contribution in [-0.4, -0.2) is 30.1 Å². The highest BCUT2D eigenvalue weighted by Gasteiger charge is 2.21. The molecule has 5 nitrogen and oxygen atoms in total. The van der Waals surface area contributed by atoms with E-state index in [1.807, 2.05) is 0 Å². The summed E-state index contributed by atoms with van der Waals surface area (Å²) in [5.74, 6) is -0.0631. The second-order valence-corrected chi connectivity index (χ2v) is 4.71.